The lowest BCUT2D eigenvalue weighted by Crippen LogP contribution is -2.54. The normalized spacial score (nSPS) is 44.5. The Balaban J connectivity index is 1.46. The van der Waals surface area contributed by atoms with Crippen molar-refractivity contribution in [3.8, 4) is 0 Å². The highest BCUT2D eigenvalue weighted by molar-refractivity contribution is 6.43. The van der Waals surface area contributed by atoms with Crippen molar-refractivity contribution in [3.63, 3.8) is 0 Å². The number of carbonyl (C=O) groups is 1. The second-order valence-corrected chi connectivity index (χ2v) is 11.7. The first-order valence-electron chi connectivity index (χ1n) is 11.6. The van der Waals surface area contributed by atoms with E-state index in [1.807, 2.05) is 18.2 Å². The molecule has 0 bridgehead atoms. The summed E-state index contributed by atoms with van der Waals surface area (Å²) in [4.78, 5) is 13.6. The summed E-state index contributed by atoms with van der Waals surface area (Å²) in [5.41, 5.74) is 1.87. The third-order valence-electron chi connectivity index (χ3n) is 9.59. The van der Waals surface area contributed by atoms with Crippen LogP contribution in [0.15, 0.2) is 23.8 Å². The Morgan fingerprint density at radius 1 is 1.07 bits per heavy atom. The smallest absolute Gasteiger partial charge is 0.165 e. The van der Waals surface area contributed by atoms with E-state index in [1.54, 1.807) is 6.07 Å². The van der Waals surface area contributed by atoms with E-state index in [2.05, 4.69) is 13.8 Å². The topological polar surface area (TPSA) is 37.3 Å². The summed E-state index contributed by atoms with van der Waals surface area (Å²) < 4.78 is 0. The average molecular weight is 447 g/mol. The van der Waals surface area contributed by atoms with Crippen molar-refractivity contribution >= 4 is 35.1 Å². The molecule has 30 heavy (non-hydrogen) atoms. The number of benzene rings is 1. The van der Waals surface area contributed by atoms with Crippen molar-refractivity contribution in [2.45, 2.75) is 71.3 Å². The van der Waals surface area contributed by atoms with Crippen molar-refractivity contribution < 1.29 is 9.90 Å². The molecule has 4 fully saturated rings. The van der Waals surface area contributed by atoms with Crippen LogP contribution in [0.4, 0.5) is 0 Å². The summed E-state index contributed by atoms with van der Waals surface area (Å²) >= 11 is 12.6. The zero-order valence-electron chi connectivity index (χ0n) is 18.0. The van der Waals surface area contributed by atoms with Gasteiger partial charge in [-0.15, -0.1) is 0 Å². The van der Waals surface area contributed by atoms with E-state index in [-0.39, 0.29) is 11.5 Å². The van der Waals surface area contributed by atoms with E-state index in [4.69, 9.17) is 23.2 Å². The summed E-state index contributed by atoms with van der Waals surface area (Å²) in [5, 5.41) is 11.3. The van der Waals surface area contributed by atoms with Gasteiger partial charge in [0.25, 0.3) is 0 Å². The van der Waals surface area contributed by atoms with Crippen LogP contribution in [0.2, 0.25) is 10.0 Å². The first kappa shape index (κ1) is 21.0. The highest BCUT2D eigenvalue weighted by Crippen LogP contribution is 2.66. The van der Waals surface area contributed by atoms with Gasteiger partial charge in [0, 0.05) is 5.41 Å². The van der Waals surface area contributed by atoms with Crippen LogP contribution in [0.3, 0.4) is 0 Å². The Labute approximate surface area is 190 Å². The van der Waals surface area contributed by atoms with Crippen LogP contribution in [-0.2, 0) is 4.79 Å². The van der Waals surface area contributed by atoms with Crippen LogP contribution in [0.5, 0.6) is 0 Å². The monoisotopic (exact) mass is 446 g/mol. The molecule has 0 radical (unpaired) electrons. The van der Waals surface area contributed by atoms with Crippen molar-refractivity contribution in [2.24, 2.45) is 34.5 Å². The van der Waals surface area contributed by atoms with Crippen LogP contribution in [-0.4, -0.2) is 17.0 Å². The molecule has 1 aromatic carbocycles. The zero-order chi connectivity index (χ0) is 21.3. The molecule has 1 aromatic rings. The number of aliphatic hydroxyl groups is 1. The number of ketones is 1. The van der Waals surface area contributed by atoms with E-state index < -0.39 is 0 Å². The fourth-order valence-corrected chi connectivity index (χ4v) is 8.22. The largest absolute Gasteiger partial charge is 0.393 e. The molecule has 0 heterocycles. The summed E-state index contributed by atoms with van der Waals surface area (Å²) in [7, 11) is 0. The molecule has 0 aromatic heterocycles. The minimum Gasteiger partial charge on any atom is -0.393 e. The van der Waals surface area contributed by atoms with Gasteiger partial charge < -0.3 is 5.11 Å². The highest BCUT2D eigenvalue weighted by atomic mass is 35.5. The second-order valence-electron chi connectivity index (χ2n) is 10.9. The van der Waals surface area contributed by atoms with Gasteiger partial charge in [0.05, 0.1) is 16.1 Å². The van der Waals surface area contributed by atoms with Gasteiger partial charge >= 0.3 is 0 Å². The van der Waals surface area contributed by atoms with Crippen molar-refractivity contribution in [3.05, 3.63) is 39.4 Å². The Morgan fingerprint density at radius 2 is 1.87 bits per heavy atom. The van der Waals surface area contributed by atoms with Crippen LogP contribution >= 0.6 is 23.2 Å². The molecule has 2 nitrogen and oxygen atoms in total. The lowest BCUT2D eigenvalue weighted by atomic mass is 9.45. The molecule has 1 N–H and O–H groups in total. The molecule has 0 unspecified atom stereocenters. The van der Waals surface area contributed by atoms with Gasteiger partial charge in [-0.25, -0.2) is 0 Å². The SMILES string of the molecule is C[C@]12CC[C@H](O)C[C@@H]1CC[C@H]1[C@H]2CC[C@]2(C)C(=O)/C(=C/c3cccc(Cl)c3Cl)C[C@H]12. The number of hydrogen-bond acceptors (Lipinski definition) is 2. The molecule has 4 heteroatoms. The lowest BCUT2D eigenvalue weighted by molar-refractivity contribution is -0.141. The molecule has 4 aliphatic carbocycles. The highest BCUT2D eigenvalue weighted by Gasteiger charge is 2.61. The Bertz CT molecular complexity index is 908. The minimum absolute atomic E-state index is 0.112. The molecule has 162 valence electrons. The molecular formula is C26H32Cl2O2. The predicted octanol–water partition coefficient (Wildman–Crippen LogP) is 6.96. The molecule has 4 saturated carbocycles. The van der Waals surface area contributed by atoms with E-state index in [0.717, 1.165) is 49.7 Å². The quantitative estimate of drug-likeness (QED) is 0.473. The third kappa shape index (κ3) is 3.05. The number of carbonyl (C=O) groups excluding carboxylic acids is 1. The molecule has 0 spiro atoms. The number of rotatable bonds is 1. The Kier molecular flexibility index (Phi) is 5.16. The molecule has 7 atom stereocenters. The van der Waals surface area contributed by atoms with Gasteiger partial charge in [-0.3, -0.25) is 4.79 Å². The summed E-state index contributed by atoms with van der Waals surface area (Å²) in [6.45, 7) is 4.71. The molecule has 0 amide bonds. The lowest BCUT2D eigenvalue weighted by Gasteiger charge is -2.59. The number of hydrogen-bond donors (Lipinski definition) is 1. The van der Waals surface area contributed by atoms with Gasteiger partial charge in [-0.1, -0.05) is 49.2 Å². The van der Waals surface area contributed by atoms with Gasteiger partial charge in [-0.2, -0.15) is 0 Å². The third-order valence-corrected chi connectivity index (χ3v) is 10.4. The van der Waals surface area contributed by atoms with Crippen LogP contribution in [0.1, 0.15) is 70.8 Å². The number of fused-ring (bicyclic) bond motifs is 5. The molecule has 4 aliphatic rings. The van der Waals surface area contributed by atoms with Crippen molar-refractivity contribution in [1.82, 2.24) is 0 Å². The Hall–Kier alpha value is -0.830. The van der Waals surface area contributed by atoms with Crippen LogP contribution in [0, 0.1) is 34.5 Å². The first-order valence-corrected chi connectivity index (χ1v) is 12.4. The van der Waals surface area contributed by atoms with Crippen molar-refractivity contribution in [2.75, 3.05) is 0 Å². The van der Waals surface area contributed by atoms with E-state index in [1.165, 1.54) is 12.8 Å². The number of allylic oxidation sites excluding steroid dienone is 1. The molecule has 0 aliphatic heterocycles. The molecule has 0 saturated heterocycles. The second kappa shape index (κ2) is 7.36. The minimum atomic E-state index is -0.241. The summed E-state index contributed by atoms with van der Waals surface area (Å²) in [5.74, 6) is 2.70. The van der Waals surface area contributed by atoms with Gasteiger partial charge in [0.1, 0.15) is 0 Å². The maximum absolute atomic E-state index is 13.6. The van der Waals surface area contributed by atoms with Gasteiger partial charge in [0.2, 0.25) is 0 Å². The number of halogens is 2. The zero-order valence-corrected chi connectivity index (χ0v) is 19.5. The van der Waals surface area contributed by atoms with Gasteiger partial charge in [0.15, 0.2) is 5.78 Å². The average Bonchev–Trinajstić information content (AvgIpc) is 2.97. The maximum atomic E-state index is 13.6. The molecule has 5 rings (SSSR count). The fraction of sp³-hybridized carbons (Fsp3) is 0.654. The summed E-state index contributed by atoms with van der Waals surface area (Å²) in [6.07, 6.45) is 10.3. The number of Topliss-reactive ketones (excluding diaryl/α,β-unsaturated/α-hetero) is 1. The van der Waals surface area contributed by atoms with Crippen LogP contribution < -0.4 is 0 Å². The summed E-state index contributed by atoms with van der Waals surface area (Å²) in [6, 6.07) is 5.62. The predicted molar refractivity (Wildman–Crippen MR) is 123 cm³/mol. The first-order chi connectivity index (χ1) is 14.2. The van der Waals surface area contributed by atoms with E-state index >= 15 is 0 Å². The maximum Gasteiger partial charge on any atom is 0.165 e. The molecular weight excluding hydrogens is 415 g/mol. The van der Waals surface area contributed by atoms with E-state index in [0.29, 0.717) is 44.9 Å². The fourth-order valence-electron chi connectivity index (χ4n) is 7.85. The number of aliphatic hydroxyl groups excluding tert-OH is 1. The van der Waals surface area contributed by atoms with Crippen molar-refractivity contribution in [1.29, 1.82) is 0 Å². The standard InChI is InChI=1S/C26H32Cl2O2/c1-25-10-8-18(29)14-17(25)6-7-19-20(25)9-11-26(2)21(19)13-16(24(26)30)12-15-4-3-5-22(27)23(15)28/h3-5,12,17-21,29H,6-11,13-14H2,1-2H3/b16-12+/t17-,18-,19-,20+,21+,25-,26-/m0/s1. The Morgan fingerprint density at radius 3 is 2.67 bits per heavy atom. The van der Waals surface area contributed by atoms with E-state index in [9.17, 15) is 9.90 Å². The van der Waals surface area contributed by atoms with Gasteiger partial charge in [-0.05, 0) is 104 Å². The van der Waals surface area contributed by atoms with Crippen LogP contribution in [0.25, 0.3) is 6.08 Å².